The van der Waals surface area contributed by atoms with E-state index in [-0.39, 0.29) is 17.0 Å². The van der Waals surface area contributed by atoms with Crippen molar-refractivity contribution in [2.75, 3.05) is 6.54 Å². The zero-order valence-electron chi connectivity index (χ0n) is 16.2. The van der Waals surface area contributed by atoms with E-state index < -0.39 is 0 Å². The standard InChI is InChI=1S/C23H37N.BrH/c1-2-3-4-5-6-7-8-9-10-11-12-15-19-24-20-18-22-16-13-14-17-23(22)21-24;/h13-14,16-18,20H,2-12,15,19,21H2,1H3;1H. The molecular formula is C23H38BrN. The van der Waals surface area contributed by atoms with Gasteiger partial charge >= 0.3 is 0 Å². The van der Waals surface area contributed by atoms with E-state index in [1.54, 1.807) is 0 Å². The molecule has 0 amide bonds. The second-order valence-corrected chi connectivity index (χ2v) is 7.37. The Labute approximate surface area is 166 Å². The van der Waals surface area contributed by atoms with Crippen LogP contribution in [0.4, 0.5) is 0 Å². The number of rotatable bonds is 13. The molecule has 25 heavy (non-hydrogen) atoms. The van der Waals surface area contributed by atoms with E-state index >= 15 is 0 Å². The molecule has 0 unspecified atom stereocenters. The van der Waals surface area contributed by atoms with Crippen LogP contribution in [0.1, 0.15) is 95.1 Å². The SMILES string of the molecule is Br.CCCCCCCCCCCCCCN1C=Cc2ccccc2C1. The van der Waals surface area contributed by atoms with Gasteiger partial charge in [-0.3, -0.25) is 0 Å². The number of halogens is 1. The Kier molecular flexibility index (Phi) is 12.8. The second kappa shape index (κ2) is 14.4. The number of hydrogen-bond acceptors (Lipinski definition) is 1. The van der Waals surface area contributed by atoms with Gasteiger partial charge < -0.3 is 4.90 Å². The van der Waals surface area contributed by atoms with E-state index in [2.05, 4.69) is 48.4 Å². The monoisotopic (exact) mass is 407 g/mol. The summed E-state index contributed by atoms with van der Waals surface area (Å²) in [6.45, 7) is 4.59. The maximum Gasteiger partial charge on any atom is 0.0429 e. The van der Waals surface area contributed by atoms with Crippen LogP contribution < -0.4 is 0 Å². The average Bonchev–Trinajstić information content (AvgIpc) is 2.62. The van der Waals surface area contributed by atoms with Gasteiger partial charge in [0.2, 0.25) is 0 Å². The number of unbranched alkanes of at least 4 members (excludes halogenated alkanes) is 11. The lowest BCUT2D eigenvalue weighted by Gasteiger charge is -2.25. The van der Waals surface area contributed by atoms with Crippen LogP contribution >= 0.6 is 17.0 Å². The molecular weight excluding hydrogens is 370 g/mol. The van der Waals surface area contributed by atoms with Gasteiger partial charge in [-0.2, -0.15) is 0 Å². The molecule has 0 saturated heterocycles. The van der Waals surface area contributed by atoms with Gasteiger partial charge in [-0.1, -0.05) is 102 Å². The second-order valence-electron chi connectivity index (χ2n) is 7.37. The smallest absolute Gasteiger partial charge is 0.0429 e. The molecule has 1 aromatic carbocycles. The van der Waals surface area contributed by atoms with Crippen LogP contribution in [0.3, 0.4) is 0 Å². The van der Waals surface area contributed by atoms with Crippen molar-refractivity contribution < 1.29 is 0 Å². The van der Waals surface area contributed by atoms with Crippen LogP contribution in [0.15, 0.2) is 30.5 Å². The van der Waals surface area contributed by atoms with E-state index in [0.29, 0.717) is 0 Å². The van der Waals surface area contributed by atoms with Crippen LogP contribution in [-0.2, 0) is 6.54 Å². The zero-order valence-corrected chi connectivity index (χ0v) is 17.9. The first kappa shape index (κ1) is 22.3. The highest BCUT2D eigenvalue weighted by Crippen LogP contribution is 2.20. The molecule has 1 aromatic rings. The van der Waals surface area contributed by atoms with Crippen LogP contribution in [0.25, 0.3) is 6.08 Å². The molecule has 1 aliphatic heterocycles. The van der Waals surface area contributed by atoms with Gasteiger partial charge in [-0.05, 0) is 29.8 Å². The Balaban J connectivity index is 0.00000312. The first-order valence-electron chi connectivity index (χ1n) is 10.4. The molecule has 0 radical (unpaired) electrons. The van der Waals surface area contributed by atoms with Crippen molar-refractivity contribution in [3.05, 3.63) is 41.6 Å². The highest BCUT2D eigenvalue weighted by Gasteiger charge is 2.08. The predicted molar refractivity (Wildman–Crippen MR) is 117 cm³/mol. The van der Waals surface area contributed by atoms with E-state index in [1.807, 2.05) is 0 Å². The largest absolute Gasteiger partial charge is 0.373 e. The van der Waals surface area contributed by atoms with E-state index in [0.717, 1.165) is 6.54 Å². The summed E-state index contributed by atoms with van der Waals surface area (Å²) in [5.74, 6) is 0. The summed E-state index contributed by atoms with van der Waals surface area (Å²) >= 11 is 0. The third-order valence-corrected chi connectivity index (χ3v) is 5.19. The molecule has 1 nitrogen and oxygen atoms in total. The number of hydrogen-bond donors (Lipinski definition) is 0. The quantitative estimate of drug-likeness (QED) is 0.302. The summed E-state index contributed by atoms with van der Waals surface area (Å²) in [6.07, 6.45) is 21.7. The molecule has 1 aliphatic rings. The van der Waals surface area contributed by atoms with Gasteiger partial charge in [0, 0.05) is 13.1 Å². The van der Waals surface area contributed by atoms with Crippen molar-refractivity contribution in [3.63, 3.8) is 0 Å². The van der Waals surface area contributed by atoms with Crippen LogP contribution in [0.5, 0.6) is 0 Å². The number of fused-ring (bicyclic) bond motifs is 1. The molecule has 0 saturated carbocycles. The van der Waals surface area contributed by atoms with Gasteiger partial charge in [-0.15, -0.1) is 17.0 Å². The molecule has 0 aromatic heterocycles. The lowest BCUT2D eigenvalue weighted by Crippen LogP contribution is -2.21. The summed E-state index contributed by atoms with van der Waals surface area (Å²) in [5.41, 5.74) is 2.86. The lowest BCUT2D eigenvalue weighted by molar-refractivity contribution is 0.353. The van der Waals surface area contributed by atoms with Gasteiger partial charge in [0.25, 0.3) is 0 Å². The Hall–Kier alpha value is -0.760. The summed E-state index contributed by atoms with van der Waals surface area (Å²) < 4.78 is 0. The lowest BCUT2D eigenvalue weighted by atomic mass is 10.0. The van der Waals surface area contributed by atoms with Crippen molar-refractivity contribution in [1.29, 1.82) is 0 Å². The minimum atomic E-state index is 0. The molecule has 2 rings (SSSR count). The maximum atomic E-state index is 2.47. The van der Waals surface area contributed by atoms with Crippen LogP contribution in [0.2, 0.25) is 0 Å². The predicted octanol–water partition coefficient (Wildman–Crippen LogP) is 7.75. The van der Waals surface area contributed by atoms with Crippen LogP contribution in [0, 0.1) is 0 Å². The van der Waals surface area contributed by atoms with Gasteiger partial charge in [0.05, 0.1) is 0 Å². The van der Waals surface area contributed by atoms with Crippen molar-refractivity contribution in [3.8, 4) is 0 Å². The fourth-order valence-electron chi connectivity index (χ4n) is 3.61. The summed E-state index contributed by atoms with van der Waals surface area (Å²) in [6, 6.07) is 8.76. The molecule has 0 N–H and O–H groups in total. The van der Waals surface area contributed by atoms with Gasteiger partial charge in [0.1, 0.15) is 0 Å². The third-order valence-electron chi connectivity index (χ3n) is 5.19. The fraction of sp³-hybridized carbons (Fsp3) is 0.652. The molecule has 2 heteroatoms. The average molecular weight is 408 g/mol. The first-order valence-corrected chi connectivity index (χ1v) is 10.4. The van der Waals surface area contributed by atoms with E-state index in [4.69, 9.17) is 0 Å². The zero-order chi connectivity index (χ0) is 16.9. The number of nitrogens with zero attached hydrogens (tertiary/aromatic N) is 1. The minimum Gasteiger partial charge on any atom is -0.373 e. The molecule has 0 fully saturated rings. The summed E-state index contributed by atoms with van der Waals surface area (Å²) in [7, 11) is 0. The molecule has 0 aliphatic carbocycles. The molecule has 142 valence electrons. The Morgan fingerprint density at radius 1 is 0.760 bits per heavy atom. The van der Waals surface area contributed by atoms with Crippen molar-refractivity contribution in [1.82, 2.24) is 4.90 Å². The van der Waals surface area contributed by atoms with Crippen molar-refractivity contribution in [2.45, 2.75) is 90.5 Å². The van der Waals surface area contributed by atoms with Crippen molar-refractivity contribution in [2.24, 2.45) is 0 Å². The molecule has 1 heterocycles. The van der Waals surface area contributed by atoms with Gasteiger partial charge in [0.15, 0.2) is 0 Å². The minimum absolute atomic E-state index is 0. The highest BCUT2D eigenvalue weighted by atomic mass is 79.9. The molecule has 0 spiro atoms. The highest BCUT2D eigenvalue weighted by molar-refractivity contribution is 8.93. The first-order chi connectivity index (χ1) is 11.9. The summed E-state index contributed by atoms with van der Waals surface area (Å²) in [5, 5.41) is 0. The Bertz CT molecular complexity index is 469. The Morgan fingerprint density at radius 3 is 1.96 bits per heavy atom. The van der Waals surface area contributed by atoms with Crippen molar-refractivity contribution >= 4 is 23.1 Å². The number of benzene rings is 1. The normalized spacial score (nSPS) is 12.8. The maximum absolute atomic E-state index is 2.47. The van der Waals surface area contributed by atoms with E-state index in [9.17, 15) is 0 Å². The Morgan fingerprint density at radius 2 is 1.32 bits per heavy atom. The molecule has 0 atom stereocenters. The topological polar surface area (TPSA) is 3.24 Å². The third kappa shape index (κ3) is 9.49. The molecule has 0 bridgehead atoms. The summed E-state index contributed by atoms with van der Waals surface area (Å²) in [4.78, 5) is 2.47. The van der Waals surface area contributed by atoms with E-state index in [1.165, 1.54) is 94.7 Å². The van der Waals surface area contributed by atoms with Crippen LogP contribution in [-0.4, -0.2) is 11.4 Å². The fourth-order valence-corrected chi connectivity index (χ4v) is 3.61. The van der Waals surface area contributed by atoms with Gasteiger partial charge in [-0.25, -0.2) is 0 Å².